The van der Waals surface area contributed by atoms with Crippen LogP contribution < -0.4 is 10.0 Å². The zero-order valence-corrected chi connectivity index (χ0v) is 18.0. The number of hydrogen-bond donors (Lipinski definition) is 3. The molecule has 0 rings (SSSR count). The first-order valence-corrected chi connectivity index (χ1v) is 9.98. The summed E-state index contributed by atoms with van der Waals surface area (Å²) < 4.78 is 40.7. The monoisotopic (exact) mass is 426 g/mol. The first kappa shape index (κ1) is 26.1. The van der Waals surface area contributed by atoms with Crippen LogP contribution in [0.4, 0.5) is 4.79 Å². The van der Waals surface area contributed by atoms with Gasteiger partial charge in [0.15, 0.2) is 0 Å². The summed E-state index contributed by atoms with van der Waals surface area (Å²) in [4.78, 5) is 35.0. The molecule has 164 valence electrons. The fraction of sp³-hybridized carbons (Fsp3) is 0.812. The number of hydrogen-bond acceptors (Lipinski definition) is 8. The molecule has 0 spiro atoms. The number of carbonyl (C=O) groups excluding carboxylic acids is 2. The Hall–Kier alpha value is -1.92. The Kier molecular flexibility index (Phi) is 9.34. The Balaban J connectivity index is 5.01. The lowest BCUT2D eigenvalue weighted by Gasteiger charge is -2.26. The van der Waals surface area contributed by atoms with E-state index in [0.717, 1.165) is 0 Å². The van der Waals surface area contributed by atoms with Gasteiger partial charge in [-0.3, -0.25) is 8.98 Å². The number of carbonyl (C=O) groups is 3. The van der Waals surface area contributed by atoms with Crippen LogP contribution in [0.15, 0.2) is 0 Å². The molecular weight excluding hydrogens is 396 g/mol. The first-order chi connectivity index (χ1) is 12.5. The molecule has 0 saturated carbocycles. The van der Waals surface area contributed by atoms with E-state index in [0.29, 0.717) is 0 Å². The van der Waals surface area contributed by atoms with E-state index in [4.69, 9.17) is 13.7 Å². The smallest absolute Gasteiger partial charge is 0.408 e. The summed E-state index contributed by atoms with van der Waals surface area (Å²) in [5.74, 6) is -2.12. The van der Waals surface area contributed by atoms with Gasteiger partial charge in [-0.25, -0.2) is 9.59 Å². The van der Waals surface area contributed by atoms with Gasteiger partial charge in [0.1, 0.15) is 11.6 Å². The van der Waals surface area contributed by atoms with Crippen LogP contribution in [0.5, 0.6) is 0 Å². The Bertz CT molecular complexity index is 668. The molecule has 0 unspecified atom stereocenters. The number of ether oxygens (including phenoxy) is 2. The van der Waals surface area contributed by atoms with Crippen LogP contribution >= 0.6 is 0 Å². The zero-order valence-electron chi connectivity index (χ0n) is 17.2. The largest absolute Gasteiger partial charge is 0.480 e. The lowest BCUT2D eigenvalue weighted by atomic mass is 9.95. The van der Waals surface area contributed by atoms with Crippen molar-refractivity contribution in [3.8, 4) is 0 Å². The second-order valence-corrected chi connectivity index (χ2v) is 9.07. The minimum Gasteiger partial charge on any atom is -0.480 e. The van der Waals surface area contributed by atoms with E-state index in [9.17, 15) is 27.9 Å². The van der Waals surface area contributed by atoms with Gasteiger partial charge in [0.25, 0.3) is 0 Å². The highest BCUT2D eigenvalue weighted by atomic mass is 32.2. The fourth-order valence-electron chi connectivity index (χ4n) is 1.78. The number of aliphatic carboxylic acids is 1. The van der Waals surface area contributed by atoms with Crippen LogP contribution in [0.1, 0.15) is 48.5 Å². The first-order valence-electron chi connectivity index (χ1n) is 8.57. The average molecular weight is 426 g/mol. The lowest BCUT2D eigenvalue weighted by molar-refractivity contribution is -0.154. The van der Waals surface area contributed by atoms with Gasteiger partial charge in [0.05, 0.1) is 24.7 Å². The third-order valence-corrected chi connectivity index (χ3v) is 4.26. The molecule has 0 aliphatic heterocycles. The van der Waals surface area contributed by atoms with Crippen molar-refractivity contribution < 1.29 is 41.6 Å². The summed E-state index contributed by atoms with van der Waals surface area (Å²) in [6, 6.07) is -2.90. The Morgan fingerprint density at radius 1 is 1.11 bits per heavy atom. The van der Waals surface area contributed by atoms with Crippen molar-refractivity contribution in [3.63, 3.8) is 0 Å². The summed E-state index contributed by atoms with van der Waals surface area (Å²) in [6.45, 7) is 10.1. The third-order valence-electron chi connectivity index (χ3n) is 3.17. The third kappa shape index (κ3) is 9.85. The molecule has 0 aliphatic rings. The molecule has 0 aromatic rings. The standard InChI is InChI=1S/C16H30N2O9S/c1-8-25-13(21)16(6,7)9-26-28(23,24)18-10(2)11(12(19)20)17-14(22)27-15(3,4)5/h10-11,18H,8-9H2,1-7H3,(H,17,22)(H,19,20)/t10-,11-/m0/s1. The number of carboxylic acids is 1. The number of nitrogens with one attached hydrogen (secondary N) is 2. The number of amides is 1. The Morgan fingerprint density at radius 2 is 1.64 bits per heavy atom. The van der Waals surface area contributed by atoms with Gasteiger partial charge < -0.3 is 19.9 Å². The number of carboxylic acid groups (broad SMARTS) is 1. The molecule has 12 heteroatoms. The van der Waals surface area contributed by atoms with Crippen LogP contribution in [0.2, 0.25) is 0 Å². The molecule has 0 aromatic heterocycles. The molecule has 3 N–H and O–H groups in total. The summed E-state index contributed by atoms with van der Waals surface area (Å²) >= 11 is 0. The summed E-state index contributed by atoms with van der Waals surface area (Å²) in [5, 5.41) is 11.4. The number of alkyl carbamates (subject to hydrolysis) is 1. The second-order valence-electron chi connectivity index (χ2n) is 7.69. The Morgan fingerprint density at radius 3 is 2.07 bits per heavy atom. The van der Waals surface area contributed by atoms with E-state index in [1.54, 1.807) is 27.7 Å². The van der Waals surface area contributed by atoms with Crippen LogP contribution in [-0.4, -0.2) is 62.5 Å². The number of esters is 1. The van der Waals surface area contributed by atoms with Gasteiger partial charge in [0, 0.05) is 0 Å². The van der Waals surface area contributed by atoms with Crippen molar-refractivity contribution in [1.82, 2.24) is 10.0 Å². The van der Waals surface area contributed by atoms with Gasteiger partial charge in [0.2, 0.25) is 0 Å². The molecule has 0 fully saturated rings. The van der Waals surface area contributed by atoms with E-state index in [-0.39, 0.29) is 6.61 Å². The van der Waals surface area contributed by atoms with Gasteiger partial charge in [-0.15, -0.1) is 0 Å². The Labute approximate surface area is 165 Å². The normalized spacial score (nSPS) is 14.7. The average Bonchev–Trinajstić information content (AvgIpc) is 2.48. The summed E-state index contributed by atoms with van der Waals surface area (Å²) in [6.07, 6.45) is -1.02. The van der Waals surface area contributed by atoms with E-state index in [1.807, 2.05) is 4.72 Å². The molecule has 0 heterocycles. The van der Waals surface area contributed by atoms with E-state index >= 15 is 0 Å². The van der Waals surface area contributed by atoms with E-state index in [2.05, 4.69) is 5.32 Å². The van der Waals surface area contributed by atoms with Crippen LogP contribution in [-0.2, 0) is 33.6 Å². The predicted octanol–water partition coefficient (Wildman–Crippen LogP) is 0.793. The van der Waals surface area contributed by atoms with Crippen LogP contribution in [0.25, 0.3) is 0 Å². The number of rotatable bonds is 10. The molecule has 0 aromatic carbocycles. The van der Waals surface area contributed by atoms with Crippen molar-refractivity contribution in [1.29, 1.82) is 0 Å². The molecule has 0 bridgehead atoms. The van der Waals surface area contributed by atoms with Gasteiger partial charge in [-0.2, -0.15) is 13.1 Å². The predicted molar refractivity (Wildman–Crippen MR) is 98.7 cm³/mol. The molecule has 0 radical (unpaired) electrons. The van der Waals surface area contributed by atoms with Gasteiger partial charge in [-0.1, -0.05) is 0 Å². The lowest BCUT2D eigenvalue weighted by Crippen LogP contribution is -2.55. The SMILES string of the molecule is CCOC(=O)C(C)(C)COS(=O)(=O)N[C@@H](C)[C@H](NC(=O)OC(C)(C)C)C(=O)O. The topological polar surface area (TPSA) is 157 Å². The molecule has 2 atom stereocenters. The molecule has 1 amide bonds. The summed E-state index contributed by atoms with van der Waals surface area (Å²) in [7, 11) is -4.43. The fourth-order valence-corrected chi connectivity index (χ4v) is 2.88. The van der Waals surface area contributed by atoms with Gasteiger partial charge in [-0.05, 0) is 48.5 Å². The summed E-state index contributed by atoms with van der Waals surface area (Å²) in [5.41, 5.74) is -2.10. The second kappa shape index (κ2) is 10.0. The van der Waals surface area contributed by atoms with Crippen molar-refractivity contribution in [2.24, 2.45) is 5.41 Å². The highest BCUT2D eigenvalue weighted by molar-refractivity contribution is 7.84. The molecule has 11 nitrogen and oxygen atoms in total. The van der Waals surface area contributed by atoms with E-state index < -0.39 is 58.0 Å². The van der Waals surface area contributed by atoms with Crippen molar-refractivity contribution in [2.75, 3.05) is 13.2 Å². The van der Waals surface area contributed by atoms with Crippen molar-refractivity contribution >= 4 is 28.3 Å². The highest BCUT2D eigenvalue weighted by Gasteiger charge is 2.35. The quantitative estimate of drug-likeness (QED) is 0.430. The highest BCUT2D eigenvalue weighted by Crippen LogP contribution is 2.19. The molecule has 28 heavy (non-hydrogen) atoms. The molecule has 0 saturated heterocycles. The van der Waals surface area contributed by atoms with Crippen LogP contribution in [0, 0.1) is 5.41 Å². The van der Waals surface area contributed by atoms with Crippen molar-refractivity contribution in [2.45, 2.75) is 66.2 Å². The van der Waals surface area contributed by atoms with E-state index in [1.165, 1.54) is 20.8 Å². The van der Waals surface area contributed by atoms with Crippen molar-refractivity contribution in [3.05, 3.63) is 0 Å². The zero-order chi connectivity index (χ0) is 22.3. The van der Waals surface area contributed by atoms with Crippen LogP contribution in [0.3, 0.4) is 0 Å². The minimum absolute atomic E-state index is 0.126. The maximum atomic E-state index is 12.1. The molecule has 0 aliphatic carbocycles. The van der Waals surface area contributed by atoms with Gasteiger partial charge >= 0.3 is 28.3 Å². The minimum atomic E-state index is -4.43. The maximum Gasteiger partial charge on any atom is 0.408 e. The molecular formula is C16H30N2O9S. The maximum absolute atomic E-state index is 12.1.